The van der Waals surface area contributed by atoms with Crippen molar-refractivity contribution in [2.45, 2.75) is 91.8 Å². The minimum atomic E-state index is -4.01. The summed E-state index contributed by atoms with van der Waals surface area (Å²) in [6, 6.07) is 3.32. The second-order valence-corrected chi connectivity index (χ2v) is 11.3. The molecule has 37 heavy (non-hydrogen) atoms. The summed E-state index contributed by atoms with van der Waals surface area (Å²) in [5.41, 5.74) is 0.819. The Morgan fingerprint density at radius 3 is 2.19 bits per heavy atom. The van der Waals surface area contributed by atoms with Gasteiger partial charge in [0, 0.05) is 6.42 Å². The van der Waals surface area contributed by atoms with Crippen LogP contribution in [0.5, 0.6) is 5.75 Å². The van der Waals surface area contributed by atoms with Crippen molar-refractivity contribution in [2.75, 3.05) is 26.9 Å². The maximum absolute atomic E-state index is 13.6. The molecular weight excluding hydrogens is 501 g/mol. The van der Waals surface area contributed by atoms with E-state index in [2.05, 4.69) is 5.32 Å². The van der Waals surface area contributed by atoms with Crippen molar-refractivity contribution in [3.05, 3.63) is 28.8 Å². The normalized spacial score (nSPS) is 12.7. The third kappa shape index (κ3) is 12.8. The third-order valence-electron chi connectivity index (χ3n) is 5.18. The summed E-state index contributed by atoms with van der Waals surface area (Å²) in [6.07, 6.45) is 1.65. The van der Waals surface area contributed by atoms with Gasteiger partial charge >= 0.3 is 19.9 Å². The number of aryl methyl sites for hydroxylation is 2. The molecule has 2 N–H and O–H groups in total. The topological polar surface area (TPSA) is 130 Å². The average Bonchev–Trinajstić information content (AvgIpc) is 2.81. The lowest BCUT2D eigenvalue weighted by Gasteiger charge is -2.26. The first-order valence-corrected chi connectivity index (χ1v) is 14.2. The third-order valence-corrected chi connectivity index (χ3v) is 6.69. The van der Waals surface area contributed by atoms with Crippen LogP contribution in [-0.4, -0.2) is 49.6 Å². The number of aromatic hydroxyl groups is 1. The van der Waals surface area contributed by atoms with E-state index in [1.165, 1.54) is 7.11 Å². The van der Waals surface area contributed by atoms with Crippen molar-refractivity contribution in [1.29, 1.82) is 0 Å². The second-order valence-electron chi connectivity index (χ2n) is 9.72. The van der Waals surface area contributed by atoms with Crippen LogP contribution in [0.2, 0.25) is 0 Å². The molecule has 1 aromatic carbocycles. The van der Waals surface area contributed by atoms with Crippen LogP contribution in [0.1, 0.15) is 89.5 Å². The summed E-state index contributed by atoms with van der Waals surface area (Å²) >= 11 is 0. The molecule has 0 fully saturated rings. The van der Waals surface area contributed by atoms with Gasteiger partial charge in [-0.3, -0.25) is 18.4 Å². The van der Waals surface area contributed by atoms with Crippen LogP contribution in [0.25, 0.3) is 0 Å². The number of ether oxygens (including phenoxy) is 2. The van der Waals surface area contributed by atoms with Crippen LogP contribution < -0.4 is 5.32 Å². The maximum atomic E-state index is 13.6. The fraction of sp³-hybridized carbons (Fsp3) is 0.692. The molecule has 1 amide bonds. The highest BCUT2D eigenvalue weighted by molar-refractivity contribution is 7.48. The first-order chi connectivity index (χ1) is 17.3. The van der Waals surface area contributed by atoms with Crippen molar-refractivity contribution in [2.24, 2.45) is 0 Å². The summed E-state index contributed by atoms with van der Waals surface area (Å²) in [5.74, 6) is -0.381. The van der Waals surface area contributed by atoms with Gasteiger partial charge in [-0.1, -0.05) is 26.7 Å². The van der Waals surface area contributed by atoms with Crippen LogP contribution in [0.4, 0.5) is 4.79 Å². The largest absolute Gasteiger partial charge is 0.507 e. The van der Waals surface area contributed by atoms with E-state index in [1.54, 1.807) is 39.8 Å². The van der Waals surface area contributed by atoms with E-state index in [0.29, 0.717) is 29.5 Å². The summed E-state index contributed by atoms with van der Waals surface area (Å²) in [7, 11) is -2.71. The SMILES string of the molecule is CCCCOP(=O)(OCCCC)OC(CNC(=O)OC(C)(C)C)c1cc(C)c(O)c(CCC(=O)OC)c1. The molecule has 1 atom stereocenters. The van der Waals surface area contributed by atoms with Crippen LogP contribution >= 0.6 is 7.82 Å². The molecule has 0 bridgehead atoms. The van der Waals surface area contributed by atoms with Crippen LogP contribution in [-0.2, 0) is 38.8 Å². The lowest BCUT2D eigenvalue weighted by molar-refractivity contribution is -0.140. The quantitative estimate of drug-likeness (QED) is 0.143. The molecule has 1 rings (SSSR count). The number of carbonyl (C=O) groups is 2. The Bertz CT molecular complexity index is 900. The number of methoxy groups -OCH3 is 1. The number of alkyl carbamates (subject to hydrolysis) is 1. The molecule has 10 nitrogen and oxygen atoms in total. The molecule has 0 heterocycles. The first kappa shape index (κ1) is 32.9. The molecule has 0 saturated heterocycles. The Labute approximate surface area is 221 Å². The lowest BCUT2D eigenvalue weighted by Crippen LogP contribution is -2.35. The van der Waals surface area contributed by atoms with E-state index >= 15 is 0 Å². The molecule has 0 spiro atoms. The Balaban J connectivity index is 3.32. The number of phosphoric ester groups is 1. The number of hydrogen-bond donors (Lipinski definition) is 2. The standard InChI is InChI=1S/C26H44NO9P/c1-8-10-14-33-37(31,34-15-11-9-2)36-22(18-27-25(30)35-26(4,5)6)21-16-19(3)24(29)20(17-21)12-13-23(28)32-7/h16-17,22,29H,8-15,18H2,1-7H3,(H,27,30). The molecule has 11 heteroatoms. The van der Waals surface area contributed by atoms with E-state index in [9.17, 15) is 19.3 Å². The predicted octanol–water partition coefficient (Wildman–Crippen LogP) is 6.13. The maximum Gasteiger partial charge on any atom is 0.475 e. The molecule has 0 saturated carbocycles. The fourth-order valence-electron chi connectivity index (χ4n) is 3.20. The summed E-state index contributed by atoms with van der Waals surface area (Å²) in [6.45, 7) is 11.2. The molecule has 1 aromatic rings. The van der Waals surface area contributed by atoms with Gasteiger partial charge in [0.1, 0.15) is 17.5 Å². The number of carbonyl (C=O) groups excluding carboxylic acids is 2. The Morgan fingerprint density at radius 1 is 1.08 bits per heavy atom. The minimum Gasteiger partial charge on any atom is -0.507 e. The van der Waals surface area contributed by atoms with Gasteiger partial charge in [-0.05, 0) is 75.8 Å². The summed E-state index contributed by atoms with van der Waals surface area (Å²) < 4.78 is 40.8. The Hall–Kier alpha value is -2.13. The van der Waals surface area contributed by atoms with Gasteiger partial charge in [0.15, 0.2) is 0 Å². The zero-order valence-electron chi connectivity index (χ0n) is 23.3. The van der Waals surface area contributed by atoms with Crippen LogP contribution in [0.3, 0.4) is 0 Å². The fourth-order valence-corrected chi connectivity index (χ4v) is 4.61. The molecule has 0 aliphatic heterocycles. The zero-order chi connectivity index (χ0) is 28.1. The van der Waals surface area contributed by atoms with Gasteiger partial charge in [0.25, 0.3) is 0 Å². The minimum absolute atomic E-state index is 0.0353. The number of phosphoric acid groups is 1. The number of phenolic OH excluding ortho intramolecular Hbond substituents is 1. The van der Waals surface area contributed by atoms with Crippen molar-refractivity contribution in [1.82, 2.24) is 5.32 Å². The predicted molar refractivity (Wildman–Crippen MR) is 141 cm³/mol. The van der Waals surface area contributed by atoms with Crippen molar-refractivity contribution < 1.29 is 42.3 Å². The van der Waals surface area contributed by atoms with Gasteiger partial charge in [-0.15, -0.1) is 0 Å². The molecular formula is C26H44NO9P. The van der Waals surface area contributed by atoms with E-state index in [0.717, 1.165) is 12.8 Å². The molecule has 0 aromatic heterocycles. The van der Waals surface area contributed by atoms with Crippen molar-refractivity contribution >= 4 is 19.9 Å². The highest BCUT2D eigenvalue weighted by atomic mass is 31.2. The van der Waals surface area contributed by atoms with E-state index < -0.39 is 31.6 Å². The van der Waals surface area contributed by atoms with Crippen molar-refractivity contribution in [3.63, 3.8) is 0 Å². The Morgan fingerprint density at radius 2 is 1.68 bits per heavy atom. The lowest BCUT2D eigenvalue weighted by atomic mass is 9.98. The molecule has 212 valence electrons. The smallest absolute Gasteiger partial charge is 0.475 e. The number of esters is 1. The number of phenols is 1. The van der Waals surface area contributed by atoms with Crippen LogP contribution in [0.15, 0.2) is 12.1 Å². The summed E-state index contributed by atoms with van der Waals surface area (Å²) in [4.78, 5) is 24.0. The van der Waals surface area contributed by atoms with E-state index in [4.69, 9.17) is 23.0 Å². The first-order valence-electron chi connectivity index (χ1n) is 12.8. The Kier molecular flexibility index (Phi) is 14.2. The molecule has 0 radical (unpaired) electrons. The highest BCUT2D eigenvalue weighted by Crippen LogP contribution is 2.53. The van der Waals surface area contributed by atoms with E-state index in [1.807, 2.05) is 13.8 Å². The van der Waals surface area contributed by atoms with Gasteiger partial charge in [-0.25, -0.2) is 9.36 Å². The second kappa shape index (κ2) is 16.0. The monoisotopic (exact) mass is 545 g/mol. The molecule has 1 unspecified atom stereocenters. The number of rotatable bonds is 16. The van der Waals surface area contributed by atoms with Gasteiger partial charge in [0.2, 0.25) is 0 Å². The molecule has 0 aliphatic carbocycles. The number of benzene rings is 1. The van der Waals surface area contributed by atoms with Gasteiger partial charge in [0.05, 0.1) is 26.9 Å². The van der Waals surface area contributed by atoms with Gasteiger partial charge < -0.3 is 19.9 Å². The number of nitrogens with one attached hydrogen (secondary N) is 1. The number of unbranched alkanes of at least 4 members (excludes halogenated alkanes) is 2. The number of amides is 1. The van der Waals surface area contributed by atoms with Crippen molar-refractivity contribution in [3.8, 4) is 5.75 Å². The molecule has 0 aliphatic rings. The summed E-state index contributed by atoms with van der Waals surface area (Å²) in [5, 5.41) is 13.2. The zero-order valence-corrected chi connectivity index (χ0v) is 24.2. The average molecular weight is 546 g/mol. The van der Waals surface area contributed by atoms with E-state index in [-0.39, 0.29) is 38.3 Å². The number of hydrogen-bond acceptors (Lipinski definition) is 9. The highest BCUT2D eigenvalue weighted by Gasteiger charge is 2.33. The van der Waals surface area contributed by atoms with Crippen LogP contribution in [0, 0.1) is 6.92 Å². The van der Waals surface area contributed by atoms with Gasteiger partial charge in [-0.2, -0.15) is 0 Å².